The second kappa shape index (κ2) is 9.13. The largest absolute Gasteiger partial charge is 0.479 e. The minimum absolute atomic E-state index is 0.0443. The highest BCUT2D eigenvalue weighted by Gasteiger charge is 2.15. The number of benzene rings is 1. The molecule has 3 heterocycles. The maximum atomic E-state index is 13.2. The fourth-order valence-corrected chi connectivity index (χ4v) is 3.46. The van der Waals surface area contributed by atoms with Crippen LogP contribution in [0.25, 0.3) is 17.1 Å². The van der Waals surface area contributed by atoms with Crippen molar-refractivity contribution in [3.63, 3.8) is 0 Å². The smallest absolute Gasteiger partial charge is 0.238 e. The molecule has 0 saturated carbocycles. The molecule has 8 heteroatoms. The molecule has 0 aliphatic carbocycles. The molecule has 0 saturated heterocycles. The summed E-state index contributed by atoms with van der Waals surface area (Å²) in [5, 5.41) is 12.2. The van der Waals surface area contributed by atoms with Crippen LogP contribution in [0, 0.1) is 12.7 Å². The Morgan fingerprint density at radius 2 is 1.88 bits per heavy atom. The zero-order valence-electron chi connectivity index (χ0n) is 18.5. The number of anilines is 1. The summed E-state index contributed by atoms with van der Waals surface area (Å²) in [4.78, 5) is 8.90. The Hall–Kier alpha value is -3.81. The lowest BCUT2D eigenvalue weighted by Gasteiger charge is -2.17. The van der Waals surface area contributed by atoms with Gasteiger partial charge in [0.2, 0.25) is 5.88 Å². The van der Waals surface area contributed by atoms with Gasteiger partial charge >= 0.3 is 0 Å². The Labute approximate surface area is 186 Å². The molecule has 1 aromatic carbocycles. The van der Waals surface area contributed by atoms with E-state index in [0.29, 0.717) is 23.1 Å². The monoisotopic (exact) mass is 432 g/mol. The van der Waals surface area contributed by atoms with Gasteiger partial charge in [0.15, 0.2) is 5.82 Å². The number of aromatic nitrogens is 5. The number of hydrogen-bond donors (Lipinski definition) is 1. The molecule has 1 N–H and O–H groups in total. The Morgan fingerprint density at radius 3 is 2.53 bits per heavy atom. The van der Waals surface area contributed by atoms with Gasteiger partial charge in [-0.05, 0) is 61.7 Å². The van der Waals surface area contributed by atoms with E-state index in [2.05, 4.69) is 32.4 Å². The van der Waals surface area contributed by atoms with Crippen molar-refractivity contribution in [3.8, 4) is 23.0 Å². The van der Waals surface area contributed by atoms with E-state index < -0.39 is 0 Å². The van der Waals surface area contributed by atoms with E-state index in [1.54, 1.807) is 25.6 Å². The molecular weight excluding hydrogens is 407 g/mol. The molecule has 7 nitrogen and oxygen atoms in total. The first-order chi connectivity index (χ1) is 15.5. The van der Waals surface area contributed by atoms with E-state index >= 15 is 0 Å². The van der Waals surface area contributed by atoms with Crippen LogP contribution in [0.1, 0.15) is 36.7 Å². The van der Waals surface area contributed by atoms with Crippen LogP contribution in [0.3, 0.4) is 0 Å². The zero-order valence-corrected chi connectivity index (χ0v) is 18.5. The molecule has 0 bridgehead atoms. The molecule has 164 valence electrons. The van der Waals surface area contributed by atoms with E-state index in [0.717, 1.165) is 28.9 Å². The number of hydrogen-bond acceptors (Lipinski definition) is 6. The van der Waals surface area contributed by atoms with E-state index in [9.17, 15) is 4.39 Å². The molecular formula is C24H25FN6O. The lowest BCUT2D eigenvalue weighted by Crippen LogP contribution is -2.11. The van der Waals surface area contributed by atoms with Gasteiger partial charge in [0.05, 0.1) is 30.9 Å². The third-order valence-electron chi connectivity index (χ3n) is 5.26. The fraction of sp³-hybridized carbons (Fsp3) is 0.250. The molecule has 4 aromatic rings. The lowest BCUT2D eigenvalue weighted by atomic mass is 10.1. The van der Waals surface area contributed by atoms with Crippen molar-refractivity contribution in [2.24, 2.45) is 0 Å². The number of imidazole rings is 1. The highest BCUT2D eigenvalue weighted by molar-refractivity contribution is 5.61. The summed E-state index contributed by atoms with van der Waals surface area (Å²) < 4.78 is 20.6. The van der Waals surface area contributed by atoms with Crippen molar-refractivity contribution < 1.29 is 9.13 Å². The summed E-state index contributed by atoms with van der Waals surface area (Å²) in [6.45, 7) is 6.00. The van der Waals surface area contributed by atoms with Gasteiger partial charge in [0.25, 0.3) is 0 Å². The predicted octanol–water partition coefficient (Wildman–Crippen LogP) is 4.92. The van der Waals surface area contributed by atoms with Gasteiger partial charge in [-0.3, -0.25) is 0 Å². The van der Waals surface area contributed by atoms with Gasteiger partial charge in [0.1, 0.15) is 17.2 Å². The van der Waals surface area contributed by atoms with Crippen molar-refractivity contribution in [1.82, 2.24) is 24.7 Å². The third-order valence-corrected chi connectivity index (χ3v) is 5.26. The van der Waals surface area contributed by atoms with E-state index in [4.69, 9.17) is 4.74 Å². The lowest BCUT2D eigenvalue weighted by molar-refractivity contribution is 0.396. The first kappa shape index (κ1) is 21.4. The number of nitrogens with zero attached hydrogens (tertiary/aromatic N) is 5. The molecule has 4 rings (SSSR count). The van der Waals surface area contributed by atoms with Crippen molar-refractivity contribution in [3.05, 3.63) is 77.6 Å². The van der Waals surface area contributed by atoms with Crippen molar-refractivity contribution in [1.29, 1.82) is 0 Å². The molecule has 0 aliphatic heterocycles. The van der Waals surface area contributed by atoms with Crippen LogP contribution in [0.2, 0.25) is 0 Å². The molecule has 0 aliphatic rings. The average molecular weight is 433 g/mol. The SMILES string of the molecule is CCc1cc(-c2ccc(-n3cnc(C)c3)c(OC)n2)nnc1N[C@@H](C)c1ccc(F)cc1. The topological polar surface area (TPSA) is 77.8 Å². The highest BCUT2D eigenvalue weighted by Crippen LogP contribution is 2.28. The number of pyridine rings is 1. The first-order valence-corrected chi connectivity index (χ1v) is 10.4. The summed E-state index contributed by atoms with van der Waals surface area (Å²) in [5.41, 5.74) is 5.02. The predicted molar refractivity (Wildman–Crippen MR) is 121 cm³/mol. The molecule has 1 atom stereocenters. The first-order valence-electron chi connectivity index (χ1n) is 10.4. The minimum Gasteiger partial charge on any atom is -0.479 e. The number of nitrogens with one attached hydrogen (secondary N) is 1. The summed E-state index contributed by atoms with van der Waals surface area (Å²) >= 11 is 0. The zero-order chi connectivity index (χ0) is 22.7. The Balaban J connectivity index is 1.61. The molecule has 0 fully saturated rings. The van der Waals surface area contributed by atoms with Crippen LogP contribution >= 0.6 is 0 Å². The van der Waals surface area contributed by atoms with E-state index in [1.807, 2.05) is 42.8 Å². The van der Waals surface area contributed by atoms with Crippen molar-refractivity contribution in [2.45, 2.75) is 33.2 Å². The number of ether oxygens (including phenoxy) is 1. The number of methoxy groups -OCH3 is 1. The van der Waals surface area contributed by atoms with Gasteiger partial charge in [-0.1, -0.05) is 19.1 Å². The Kier molecular flexibility index (Phi) is 6.11. The Morgan fingerprint density at radius 1 is 1.09 bits per heavy atom. The highest BCUT2D eigenvalue weighted by atomic mass is 19.1. The average Bonchev–Trinajstić information content (AvgIpc) is 3.25. The van der Waals surface area contributed by atoms with Crippen LogP contribution in [-0.2, 0) is 6.42 Å². The normalized spacial score (nSPS) is 11.9. The number of halogens is 1. The van der Waals surface area contributed by atoms with Crippen LogP contribution in [0.4, 0.5) is 10.2 Å². The molecule has 0 amide bonds. The van der Waals surface area contributed by atoms with Gasteiger partial charge in [-0.15, -0.1) is 10.2 Å². The third kappa shape index (κ3) is 4.44. The van der Waals surface area contributed by atoms with E-state index in [1.165, 1.54) is 12.1 Å². The van der Waals surface area contributed by atoms with Crippen LogP contribution < -0.4 is 10.1 Å². The molecule has 0 spiro atoms. The van der Waals surface area contributed by atoms with Gasteiger partial charge in [0, 0.05) is 6.20 Å². The van der Waals surface area contributed by atoms with Gasteiger partial charge in [-0.2, -0.15) is 0 Å². The maximum Gasteiger partial charge on any atom is 0.238 e. The quantitative estimate of drug-likeness (QED) is 0.447. The summed E-state index contributed by atoms with van der Waals surface area (Å²) in [5.74, 6) is 0.925. The van der Waals surface area contributed by atoms with Gasteiger partial charge < -0.3 is 14.6 Å². The number of aryl methyl sites for hydroxylation is 2. The molecule has 32 heavy (non-hydrogen) atoms. The van der Waals surface area contributed by atoms with Crippen molar-refractivity contribution >= 4 is 5.82 Å². The second-order valence-electron chi connectivity index (χ2n) is 7.52. The second-order valence-corrected chi connectivity index (χ2v) is 7.52. The summed E-state index contributed by atoms with van der Waals surface area (Å²) in [6.07, 6.45) is 4.41. The fourth-order valence-electron chi connectivity index (χ4n) is 3.46. The summed E-state index contributed by atoms with van der Waals surface area (Å²) in [6, 6.07) is 12.2. The van der Waals surface area contributed by atoms with Crippen molar-refractivity contribution in [2.75, 3.05) is 12.4 Å². The van der Waals surface area contributed by atoms with Gasteiger partial charge in [-0.25, -0.2) is 14.4 Å². The summed E-state index contributed by atoms with van der Waals surface area (Å²) in [7, 11) is 1.59. The van der Waals surface area contributed by atoms with Crippen LogP contribution in [0.15, 0.2) is 55.0 Å². The standard InChI is InChI=1S/C24H25FN6O/c1-5-17-12-21(29-30-23(17)27-16(3)18-6-8-19(25)9-7-18)20-10-11-22(24(28-20)32-4)31-13-15(2)26-14-31/h6-14,16H,5H2,1-4H3,(H,27,30)/t16-/m0/s1. The van der Waals surface area contributed by atoms with Crippen LogP contribution in [0.5, 0.6) is 5.88 Å². The molecule has 3 aromatic heterocycles. The number of rotatable bonds is 7. The molecule has 0 unspecified atom stereocenters. The molecule has 0 radical (unpaired) electrons. The van der Waals surface area contributed by atoms with Crippen LogP contribution in [-0.4, -0.2) is 31.8 Å². The van der Waals surface area contributed by atoms with E-state index in [-0.39, 0.29) is 11.9 Å². The minimum atomic E-state index is -0.253. The maximum absolute atomic E-state index is 13.2. The Bertz CT molecular complexity index is 1220.